The summed E-state index contributed by atoms with van der Waals surface area (Å²) in [6.07, 6.45) is 0.741. The second-order valence-electron chi connectivity index (χ2n) is 11.1. The van der Waals surface area contributed by atoms with Crippen LogP contribution in [0.2, 0.25) is 0 Å². The van der Waals surface area contributed by atoms with Crippen LogP contribution < -0.4 is 15.4 Å². The SMILES string of the molecule is COC(=O)c1c(O)cccc1OCCCCCNC(=O)[C@H](Cc1ccc(C2CC(=O)[N+]([O-])(O)S2)c(C#N)c1)NC(=O)OCc1ccccc1. The molecule has 15 heteroatoms. The summed E-state index contributed by atoms with van der Waals surface area (Å²) in [6.45, 7) is 0.514. The maximum Gasteiger partial charge on any atom is 0.408 e. The molecule has 1 saturated heterocycles. The van der Waals surface area contributed by atoms with Crippen LogP contribution in [0, 0.1) is 16.5 Å². The van der Waals surface area contributed by atoms with Gasteiger partial charge in [-0.3, -0.25) is 4.79 Å². The van der Waals surface area contributed by atoms with Crippen molar-refractivity contribution in [2.45, 2.75) is 50.0 Å². The highest BCUT2D eigenvalue weighted by atomic mass is 32.2. The highest BCUT2D eigenvalue weighted by Gasteiger charge is 2.44. The van der Waals surface area contributed by atoms with Gasteiger partial charge in [0.2, 0.25) is 5.91 Å². The first-order chi connectivity index (χ1) is 23.5. The number of esters is 1. The molecule has 1 fully saturated rings. The van der Waals surface area contributed by atoms with Gasteiger partial charge in [0, 0.05) is 13.0 Å². The molecule has 258 valence electrons. The molecule has 0 bridgehead atoms. The minimum atomic E-state index is -2.07. The lowest BCUT2D eigenvalue weighted by Gasteiger charge is -2.22. The molecule has 49 heavy (non-hydrogen) atoms. The fourth-order valence-corrected chi connectivity index (χ4v) is 6.11. The number of rotatable bonds is 15. The second-order valence-corrected chi connectivity index (χ2v) is 12.3. The van der Waals surface area contributed by atoms with E-state index in [4.69, 9.17) is 14.2 Å². The summed E-state index contributed by atoms with van der Waals surface area (Å²) in [5, 5.41) is 46.1. The van der Waals surface area contributed by atoms with E-state index in [0.29, 0.717) is 42.3 Å². The first-order valence-electron chi connectivity index (χ1n) is 15.4. The van der Waals surface area contributed by atoms with E-state index in [-0.39, 0.29) is 55.2 Å². The molecule has 1 heterocycles. The average Bonchev–Trinajstić information content (AvgIpc) is 3.37. The summed E-state index contributed by atoms with van der Waals surface area (Å²) in [4.78, 5) is 49.9. The monoisotopic (exact) mass is 692 g/mol. The van der Waals surface area contributed by atoms with Crippen LogP contribution >= 0.6 is 11.9 Å². The standard InChI is InChI=1S/C34H36N4O10S/c1-46-33(42)31-27(39)11-8-12-28(31)47-16-7-3-6-15-36-32(41)26(37-34(43)48-21-22-9-4-2-5-10-22)18-23-13-14-25(24(17-23)20-35)29-19-30(40)38(44,45)49-29/h2,4-5,8-14,17,26,29,39,44H,3,6-7,15-16,18-19,21H2,1H3,(H,36,41)(H,37,43)/t26-,29?/m0/s1. The zero-order chi connectivity index (χ0) is 35.4. The minimum Gasteiger partial charge on any atom is -0.579 e. The first-order valence-corrected chi connectivity index (χ1v) is 16.2. The molecule has 14 nitrogen and oxygen atoms in total. The van der Waals surface area contributed by atoms with Crippen LogP contribution in [-0.2, 0) is 32.1 Å². The maximum atomic E-state index is 13.3. The number of nitrogens with zero attached hydrogens (tertiary/aromatic N) is 2. The molecule has 0 spiro atoms. The van der Waals surface area contributed by atoms with E-state index in [1.165, 1.54) is 19.2 Å². The van der Waals surface area contributed by atoms with Crippen LogP contribution in [0.1, 0.15) is 63.5 Å². The van der Waals surface area contributed by atoms with Crippen molar-refractivity contribution in [2.75, 3.05) is 20.3 Å². The number of methoxy groups -OCH3 is 1. The summed E-state index contributed by atoms with van der Waals surface area (Å²) in [5.74, 6) is -2.18. The number of hydrogen-bond donors (Lipinski definition) is 4. The number of hydroxylamine groups is 2. The Kier molecular flexibility index (Phi) is 13.0. The molecular weight excluding hydrogens is 656 g/mol. The first kappa shape index (κ1) is 36.7. The molecule has 4 N–H and O–H groups in total. The number of alkyl carbamates (subject to hydrolysis) is 1. The van der Waals surface area contributed by atoms with E-state index in [1.54, 1.807) is 48.5 Å². The molecule has 2 unspecified atom stereocenters. The largest absolute Gasteiger partial charge is 0.579 e. The Labute approximate surface area is 286 Å². The number of benzene rings is 3. The third kappa shape index (κ3) is 10.2. The maximum absolute atomic E-state index is 13.3. The van der Waals surface area contributed by atoms with Gasteiger partial charge in [-0.1, -0.05) is 52.7 Å². The zero-order valence-corrected chi connectivity index (χ0v) is 27.4. The van der Waals surface area contributed by atoms with Gasteiger partial charge in [0.25, 0.3) is 0 Å². The average molecular weight is 693 g/mol. The van der Waals surface area contributed by atoms with Gasteiger partial charge in [-0.15, -0.1) is 0 Å². The lowest BCUT2D eigenvalue weighted by atomic mass is 9.97. The fraction of sp³-hybridized carbons (Fsp3) is 0.324. The Morgan fingerprint density at radius 3 is 2.55 bits per heavy atom. The summed E-state index contributed by atoms with van der Waals surface area (Å²) < 4.78 is 13.6. The lowest BCUT2D eigenvalue weighted by Crippen LogP contribution is -2.48. The minimum absolute atomic E-state index is 0.000184. The third-order valence-electron chi connectivity index (χ3n) is 7.56. The number of ether oxygens (including phenoxy) is 3. The van der Waals surface area contributed by atoms with Gasteiger partial charge in [-0.25, -0.2) is 14.4 Å². The van der Waals surface area contributed by atoms with Gasteiger partial charge in [-0.05, 0) is 54.2 Å². The van der Waals surface area contributed by atoms with E-state index < -0.39 is 39.4 Å². The number of phenolic OH excluding ortho intramolecular Hbond substituents is 1. The van der Waals surface area contributed by atoms with E-state index in [9.17, 15) is 40.0 Å². The van der Waals surface area contributed by atoms with E-state index >= 15 is 0 Å². The molecule has 0 aromatic heterocycles. The van der Waals surface area contributed by atoms with Crippen LogP contribution in [0.15, 0.2) is 66.7 Å². The third-order valence-corrected chi connectivity index (χ3v) is 8.73. The Morgan fingerprint density at radius 1 is 1.08 bits per heavy atom. The number of hydrogen-bond acceptors (Lipinski definition) is 12. The van der Waals surface area contributed by atoms with E-state index in [2.05, 4.69) is 10.6 Å². The lowest BCUT2D eigenvalue weighted by molar-refractivity contribution is -0.880. The summed E-state index contributed by atoms with van der Waals surface area (Å²) in [5.41, 5.74) is 1.80. The molecule has 0 radical (unpaired) electrons. The van der Waals surface area contributed by atoms with Gasteiger partial charge in [-0.2, -0.15) is 10.5 Å². The molecule has 1 aliphatic rings. The van der Waals surface area contributed by atoms with E-state index in [0.717, 1.165) is 5.56 Å². The second kappa shape index (κ2) is 17.3. The number of phenols is 1. The number of nitrogens with one attached hydrogen (secondary N) is 2. The fourth-order valence-electron chi connectivity index (χ4n) is 5.04. The molecule has 0 saturated carbocycles. The van der Waals surface area contributed by atoms with Crippen molar-refractivity contribution in [3.8, 4) is 17.6 Å². The van der Waals surface area contributed by atoms with Crippen LogP contribution in [-0.4, -0.2) is 64.7 Å². The van der Waals surface area contributed by atoms with Crippen molar-refractivity contribution >= 4 is 35.8 Å². The Morgan fingerprint density at radius 2 is 1.86 bits per heavy atom. The van der Waals surface area contributed by atoms with E-state index in [1.807, 2.05) is 12.1 Å². The van der Waals surface area contributed by atoms with Crippen molar-refractivity contribution in [3.63, 3.8) is 0 Å². The highest BCUT2D eigenvalue weighted by molar-refractivity contribution is 7.94. The number of carbonyl (C=O) groups excluding carboxylic acids is 4. The Balaban J connectivity index is 1.34. The quantitative estimate of drug-likeness (QED) is 0.0431. The Hall–Kier alpha value is -5.14. The van der Waals surface area contributed by atoms with Crippen molar-refractivity contribution < 1.29 is 47.9 Å². The number of carbonyl (C=O) groups is 4. The van der Waals surface area contributed by atoms with Gasteiger partial charge in [0.1, 0.15) is 46.9 Å². The zero-order valence-electron chi connectivity index (χ0n) is 26.6. The highest BCUT2D eigenvalue weighted by Crippen LogP contribution is 2.46. The van der Waals surface area contributed by atoms with Gasteiger partial charge in [0.05, 0.1) is 31.8 Å². The smallest absolute Gasteiger partial charge is 0.408 e. The van der Waals surface area contributed by atoms with Crippen molar-refractivity contribution in [3.05, 3.63) is 99.8 Å². The molecule has 3 aromatic rings. The van der Waals surface area contributed by atoms with Crippen LogP contribution in [0.4, 0.5) is 4.79 Å². The van der Waals surface area contributed by atoms with Crippen LogP contribution in [0.25, 0.3) is 0 Å². The van der Waals surface area contributed by atoms with Crippen LogP contribution in [0.5, 0.6) is 11.5 Å². The predicted molar refractivity (Wildman–Crippen MR) is 176 cm³/mol. The number of nitriles is 1. The molecule has 4 rings (SSSR count). The van der Waals surface area contributed by atoms with Crippen molar-refractivity contribution in [1.29, 1.82) is 5.26 Å². The van der Waals surface area contributed by atoms with Crippen LogP contribution in [0.3, 0.4) is 0 Å². The molecular formula is C34H36N4O10S. The van der Waals surface area contributed by atoms with Gasteiger partial charge < -0.3 is 35.2 Å². The predicted octanol–water partition coefficient (Wildman–Crippen LogP) is 4.58. The number of aromatic hydroxyl groups is 1. The van der Waals surface area contributed by atoms with Crippen molar-refractivity contribution in [1.82, 2.24) is 10.6 Å². The van der Waals surface area contributed by atoms with Gasteiger partial charge >= 0.3 is 18.0 Å². The number of amides is 3. The molecule has 3 atom stereocenters. The molecule has 0 aliphatic carbocycles. The van der Waals surface area contributed by atoms with Gasteiger partial charge in [0.15, 0.2) is 0 Å². The number of quaternary nitrogens is 1. The normalized spacial score (nSPS) is 17.4. The summed E-state index contributed by atoms with van der Waals surface area (Å²) >= 11 is 0.476. The molecule has 3 amide bonds. The summed E-state index contributed by atoms with van der Waals surface area (Å²) in [7, 11) is 1.21. The van der Waals surface area contributed by atoms with Crippen molar-refractivity contribution in [2.24, 2.45) is 0 Å². The topological polar surface area (TPSA) is 207 Å². The molecule has 3 aromatic carbocycles. The summed E-state index contributed by atoms with van der Waals surface area (Å²) in [6, 6.07) is 19.2. The molecule has 1 aliphatic heterocycles. The number of unbranched alkanes of at least 4 members (excludes halogenated alkanes) is 2. The Bertz CT molecular complexity index is 1700.